The summed E-state index contributed by atoms with van der Waals surface area (Å²) in [4.78, 5) is 22.8. The summed E-state index contributed by atoms with van der Waals surface area (Å²) in [6, 6.07) is 1.48. The maximum absolute atomic E-state index is 11.9. The van der Waals surface area contributed by atoms with Crippen LogP contribution in [0.2, 0.25) is 0 Å². The van der Waals surface area contributed by atoms with Crippen LogP contribution in [0.15, 0.2) is 22.2 Å². The van der Waals surface area contributed by atoms with Gasteiger partial charge in [-0.05, 0) is 29.3 Å². The van der Waals surface area contributed by atoms with E-state index in [1.807, 2.05) is 12.3 Å². The molecule has 2 N–H and O–H groups in total. The summed E-state index contributed by atoms with van der Waals surface area (Å²) in [5.41, 5.74) is 1.59. The van der Waals surface area contributed by atoms with Gasteiger partial charge in [-0.3, -0.25) is 4.79 Å². The molecule has 2 heterocycles. The molecule has 0 saturated carbocycles. The van der Waals surface area contributed by atoms with E-state index in [4.69, 9.17) is 5.11 Å². The van der Waals surface area contributed by atoms with Gasteiger partial charge in [0.25, 0.3) is 5.91 Å². The van der Waals surface area contributed by atoms with Crippen LogP contribution in [-0.2, 0) is 0 Å². The molecule has 0 aliphatic carbocycles. The minimum atomic E-state index is -1.04. The number of carboxylic acids is 1. The van der Waals surface area contributed by atoms with Gasteiger partial charge in [0.15, 0.2) is 0 Å². The van der Waals surface area contributed by atoms with E-state index in [1.165, 1.54) is 28.7 Å². The topological polar surface area (TPSA) is 66.4 Å². The lowest BCUT2D eigenvalue weighted by molar-refractivity contribution is 0.0698. The molecule has 0 aromatic carbocycles. The number of aryl methyl sites for hydroxylation is 1. The van der Waals surface area contributed by atoms with E-state index in [0.29, 0.717) is 10.6 Å². The molecule has 88 valence electrons. The molecule has 2 aromatic heterocycles. The number of aromatic carboxylic acids is 1. The Hall–Kier alpha value is -1.66. The number of hydrogen-bond donors (Lipinski definition) is 2. The first-order chi connectivity index (χ1) is 8.09. The van der Waals surface area contributed by atoms with Crippen molar-refractivity contribution in [3.8, 4) is 0 Å². The summed E-state index contributed by atoms with van der Waals surface area (Å²) < 4.78 is 0. The summed E-state index contributed by atoms with van der Waals surface area (Å²) in [5.74, 6) is -1.31. The molecule has 4 nitrogen and oxygen atoms in total. The molecule has 2 rings (SSSR count). The monoisotopic (exact) mass is 267 g/mol. The molecular formula is C11H9NO3S2. The van der Waals surface area contributed by atoms with Crippen LogP contribution in [0.1, 0.15) is 26.3 Å². The smallest absolute Gasteiger partial charge is 0.338 e. The van der Waals surface area contributed by atoms with Gasteiger partial charge in [-0.25, -0.2) is 4.79 Å². The lowest BCUT2D eigenvalue weighted by Crippen LogP contribution is -2.13. The fraction of sp³-hybridized carbons (Fsp3) is 0.0909. The Balaban J connectivity index is 2.22. The normalized spacial score (nSPS) is 10.2. The van der Waals surface area contributed by atoms with E-state index in [9.17, 15) is 9.59 Å². The summed E-state index contributed by atoms with van der Waals surface area (Å²) in [5, 5.41) is 17.2. The zero-order valence-electron chi connectivity index (χ0n) is 8.89. The molecule has 0 atom stereocenters. The molecule has 0 saturated heterocycles. The minimum Gasteiger partial charge on any atom is -0.478 e. The second kappa shape index (κ2) is 4.68. The van der Waals surface area contributed by atoms with Crippen LogP contribution >= 0.6 is 22.7 Å². The van der Waals surface area contributed by atoms with Crippen molar-refractivity contribution in [1.82, 2.24) is 0 Å². The molecule has 0 bridgehead atoms. The van der Waals surface area contributed by atoms with Gasteiger partial charge in [0, 0.05) is 5.38 Å². The van der Waals surface area contributed by atoms with E-state index < -0.39 is 5.97 Å². The highest BCUT2D eigenvalue weighted by atomic mass is 32.1. The highest BCUT2D eigenvalue weighted by Crippen LogP contribution is 2.24. The number of carbonyl (C=O) groups excluding carboxylic acids is 1. The van der Waals surface area contributed by atoms with Crippen molar-refractivity contribution in [1.29, 1.82) is 0 Å². The summed E-state index contributed by atoms with van der Waals surface area (Å²) in [6.45, 7) is 1.85. The summed E-state index contributed by atoms with van der Waals surface area (Å²) in [7, 11) is 0. The first-order valence-corrected chi connectivity index (χ1v) is 6.56. The van der Waals surface area contributed by atoms with Crippen LogP contribution in [0.5, 0.6) is 0 Å². The molecule has 6 heteroatoms. The molecule has 17 heavy (non-hydrogen) atoms. The second-order valence-corrected chi connectivity index (χ2v) is 5.05. The Morgan fingerprint density at radius 1 is 1.29 bits per heavy atom. The predicted molar refractivity (Wildman–Crippen MR) is 68.3 cm³/mol. The number of nitrogens with one attached hydrogen (secondary N) is 1. The van der Waals surface area contributed by atoms with Crippen LogP contribution in [0, 0.1) is 6.92 Å². The van der Waals surface area contributed by atoms with Gasteiger partial charge < -0.3 is 10.4 Å². The largest absolute Gasteiger partial charge is 0.478 e. The van der Waals surface area contributed by atoms with Crippen LogP contribution < -0.4 is 5.32 Å². The zero-order valence-corrected chi connectivity index (χ0v) is 10.5. The number of thiophene rings is 2. The third-order valence-electron chi connectivity index (χ3n) is 2.22. The maximum atomic E-state index is 11.9. The van der Waals surface area contributed by atoms with Crippen LogP contribution in [-0.4, -0.2) is 17.0 Å². The van der Waals surface area contributed by atoms with Crippen molar-refractivity contribution in [2.45, 2.75) is 6.92 Å². The van der Waals surface area contributed by atoms with Gasteiger partial charge in [-0.1, -0.05) is 0 Å². The number of carboxylic acid groups (broad SMARTS) is 1. The van der Waals surface area contributed by atoms with Gasteiger partial charge in [0.2, 0.25) is 0 Å². The van der Waals surface area contributed by atoms with Gasteiger partial charge in [-0.15, -0.1) is 11.3 Å². The first-order valence-electron chi connectivity index (χ1n) is 4.74. The fourth-order valence-electron chi connectivity index (χ4n) is 1.34. The molecule has 0 unspecified atom stereocenters. The maximum Gasteiger partial charge on any atom is 0.338 e. The van der Waals surface area contributed by atoms with Crippen LogP contribution in [0.4, 0.5) is 5.00 Å². The fourth-order valence-corrected chi connectivity index (χ4v) is 2.94. The van der Waals surface area contributed by atoms with Crippen molar-refractivity contribution >= 4 is 39.6 Å². The second-order valence-electron chi connectivity index (χ2n) is 3.39. The van der Waals surface area contributed by atoms with Crippen LogP contribution in [0.25, 0.3) is 0 Å². The highest BCUT2D eigenvalue weighted by molar-refractivity contribution is 7.14. The molecule has 2 aromatic rings. The Kier molecular flexibility index (Phi) is 3.26. The lowest BCUT2D eigenvalue weighted by atomic mass is 10.2. The number of amides is 1. The number of hydrogen-bond acceptors (Lipinski definition) is 4. The van der Waals surface area contributed by atoms with Gasteiger partial charge >= 0.3 is 5.97 Å². The highest BCUT2D eigenvalue weighted by Gasteiger charge is 2.16. The van der Waals surface area contributed by atoms with Crippen LogP contribution in [0.3, 0.4) is 0 Å². The average Bonchev–Trinajstić information content (AvgIpc) is 2.86. The van der Waals surface area contributed by atoms with Crippen molar-refractivity contribution in [2.75, 3.05) is 5.32 Å². The Morgan fingerprint density at radius 3 is 2.65 bits per heavy atom. The number of carbonyl (C=O) groups is 2. The Labute approximate surface area is 106 Å². The summed E-state index contributed by atoms with van der Waals surface area (Å²) in [6.07, 6.45) is 0. The van der Waals surface area contributed by atoms with E-state index in [0.717, 1.165) is 5.56 Å². The average molecular weight is 267 g/mol. The molecular weight excluding hydrogens is 258 g/mol. The number of rotatable bonds is 3. The lowest BCUT2D eigenvalue weighted by Gasteiger charge is -2.03. The standard InChI is InChI=1S/C11H9NO3S2/c1-6-4-16-5-8(6)9(13)12-10-7(11(14)15)2-3-17-10/h2-5H,1H3,(H,12,13)(H,14,15). The molecule has 0 radical (unpaired) electrons. The van der Waals surface area contributed by atoms with Gasteiger partial charge in [0.1, 0.15) is 5.00 Å². The first kappa shape index (κ1) is 11.8. The molecule has 0 aliphatic heterocycles. The van der Waals surface area contributed by atoms with Crippen molar-refractivity contribution in [2.24, 2.45) is 0 Å². The van der Waals surface area contributed by atoms with E-state index >= 15 is 0 Å². The summed E-state index contributed by atoms with van der Waals surface area (Å²) >= 11 is 2.64. The molecule has 0 fully saturated rings. The number of anilines is 1. The van der Waals surface area contributed by atoms with E-state index in [1.54, 1.807) is 10.8 Å². The SMILES string of the molecule is Cc1cscc1C(=O)Nc1sccc1C(=O)O. The molecule has 0 spiro atoms. The third kappa shape index (κ3) is 2.37. The quantitative estimate of drug-likeness (QED) is 0.898. The molecule has 1 amide bonds. The minimum absolute atomic E-state index is 0.122. The van der Waals surface area contributed by atoms with E-state index in [2.05, 4.69) is 5.32 Å². The molecule has 0 aliphatic rings. The Bertz CT molecular complexity index is 571. The van der Waals surface area contributed by atoms with Gasteiger partial charge in [-0.2, -0.15) is 11.3 Å². The predicted octanol–water partition coefficient (Wildman–Crippen LogP) is 3.07. The van der Waals surface area contributed by atoms with Crippen molar-refractivity contribution in [3.05, 3.63) is 38.9 Å². The zero-order chi connectivity index (χ0) is 12.4. The third-order valence-corrected chi connectivity index (χ3v) is 3.91. The Morgan fingerprint density at radius 2 is 2.06 bits per heavy atom. The van der Waals surface area contributed by atoms with Crippen molar-refractivity contribution < 1.29 is 14.7 Å². The van der Waals surface area contributed by atoms with Crippen molar-refractivity contribution in [3.63, 3.8) is 0 Å². The van der Waals surface area contributed by atoms with E-state index in [-0.39, 0.29) is 11.5 Å². The van der Waals surface area contributed by atoms with Gasteiger partial charge in [0.05, 0.1) is 11.1 Å².